The summed E-state index contributed by atoms with van der Waals surface area (Å²) in [6.45, 7) is 2.69. The second kappa shape index (κ2) is 9.27. The molecule has 0 atom stereocenters. The van der Waals surface area contributed by atoms with Crippen LogP contribution in [0.25, 0.3) is 10.9 Å². The van der Waals surface area contributed by atoms with Crippen molar-refractivity contribution in [1.29, 1.82) is 0 Å². The van der Waals surface area contributed by atoms with Gasteiger partial charge in [-0.25, -0.2) is 4.98 Å². The molecule has 1 saturated carbocycles. The van der Waals surface area contributed by atoms with Gasteiger partial charge in [-0.15, -0.1) is 0 Å². The SMILES string of the molecule is Cc1ccc(Oc2cccc(CNc3nc(NC4CCCC4)c4ccccc4n3)c2)cc1. The number of aryl methyl sites for hydroxylation is 1. The van der Waals surface area contributed by atoms with E-state index in [4.69, 9.17) is 14.7 Å². The molecule has 5 rings (SSSR count). The smallest absolute Gasteiger partial charge is 0.225 e. The summed E-state index contributed by atoms with van der Waals surface area (Å²) in [4.78, 5) is 9.54. The molecule has 0 saturated heterocycles. The summed E-state index contributed by atoms with van der Waals surface area (Å²) in [6, 6.07) is 24.9. The number of para-hydroxylation sites is 1. The topological polar surface area (TPSA) is 59.1 Å². The molecule has 5 nitrogen and oxygen atoms in total. The van der Waals surface area contributed by atoms with Gasteiger partial charge in [0.25, 0.3) is 0 Å². The van der Waals surface area contributed by atoms with Crippen LogP contribution >= 0.6 is 0 Å². The molecular weight excluding hydrogens is 396 g/mol. The van der Waals surface area contributed by atoms with Crippen molar-refractivity contribution in [3.05, 3.63) is 83.9 Å². The van der Waals surface area contributed by atoms with Gasteiger partial charge in [0.15, 0.2) is 0 Å². The third kappa shape index (κ3) is 4.83. The monoisotopic (exact) mass is 424 g/mol. The Morgan fingerprint density at radius 1 is 0.875 bits per heavy atom. The van der Waals surface area contributed by atoms with E-state index in [0.717, 1.165) is 33.8 Å². The molecule has 0 spiro atoms. The second-order valence-corrected chi connectivity index (χ2v) is 8.45. The van der Waals surface area contributed by atoms with Crippen molar-refractivity contribution in [1.82, 2.24) is 9.97 Å². The minimum absolute atomic E-state index is 0.497. The number of aromatic nitrogens is 2. The highest BCUT2D eigenvalue weighted by Crippen LogP contribution is 2.27. The molecule has 32 heavy (non-hydrogen) atoms. The van der Waals surface area contributed by atoms with E-state index in [1.807, 2.05) is 48.5 Å². The van der Waals surface area contributed by atoms with Crippen molar-refractivity contribution < 1.29 is 4.74 Å². The van der Waals surface area contributed by atoms with E-state index in [-0.39, 0.29) is 0 Å². The Morgan fingerprint density at radius 2 is 1.69 bits per heavy atom. The Kier molecular flexibility index (Phi) is 5.88. The van der Waals surface area contributed by atoms with Crippen molar-refractivity contribution in [3.8, 4) is 11.5 Å². The van der Waals surface area contributed by atoms with E-state index in [0.29, 0.717) is 18.5 Å². The summed E-state index contributed by atoms with van der Waals surface area (Å²) in [6.07, 6.45) is 4.98. The van der Waals surface area contributed by atoms with Crippen LogP contribution in [0.3, 0.4) is 0 Å². The maximum Gasteiger partial charge on any atom is 0.225 e. The van der Waals surface area contributed by atoms with Crippen LogP contribution in [0.5, 0.6) is 11.5 Å². The lowest BCUT2D eigenvalue weighted by Gasteiger charge is -2.16. The number of rotatable bonds is 7. The van der Waals surface area contributed by atoms with Crippen LogP contribution in [0.2, 0.25) is 0 Å². The minimum atomic E-state index is 0.497. The molecule has 0 unspecified atom stereocenters. The van der Waals surface area contributed by atoms with E-state index in [1.54, 1.807) is 0 Å². The van der Waals surface area contributed by atoms with Crippen molar-refractivity contribution in [3.63, 3.8) is 0 Å². The third-order valence-electron chi connectivity index (χ3n) is 5.91. The lowest BCUT2D eigenvalue weighted by atomic mass is 10.2. The molecule has 0 amide bonds. The van der Waals surface area contributed by atoms with Gasteiger partial charge >= 0.3 is 0 Å². The fourth-order valence-electron chi connectivity index (χ4n) is 4.17. The van der Waals surface area contributed by atoms with Gasteiger partial charge in [-0.1, -0.05) is 54.8 Å². The van der Waals surface area contributed by atoms with Crippen LogP contribution in [0.15, 0.2) is 72.8 Å². The molecule has 1 heterocycles. The fourth-order valence-corrected chi connectivity index (χ4v) is 4.17. The van der Waals surface area contributed by atoms with E-state index in [1.165, 1.54) is 31.2 Å². The summed E-state index contributed by atoms with van der Waals surface area (Å²) < 4.78 is 6.01. The molecule has 0 aliphatic heterocycles. The number of nitrogens with zero attached hydrogens (tertiary/aromatic N) is 2. The standard InChI is InChI=1S/C27H28N4O/c1-19-13-15-22(16-14-19)32-23-10-6-7-20(17-23)18-28-27-30-25-12-5-4-11-24(25)26(31-27)29-21-8-2-3-9-21/h4-7,10-17,21H,2-3,8-9,18H2,1H3,(H2,28,29,30,31). The Labute approximate surface area is 188 Å². The number of anilines is 2. The zero-order valence-corrected chi connectivity index (χ0v) is 18.3. The molecule has 1 fully saturated rings. The van der Waals surface area contributed by atoms with Gasteiger partial charge in [0.1, 0.15) is 17.3 Å². The average molecular weight is 425 g/mol. The first-order chi connectivity index (χ1) is 15.7. The van der Waals surface area contributed by atoms with E-state index in [9.17, 15) is 0 Å². The first-order valence-corrected chi connectivity index (χ1v) is 11.3. The molecule has 1 aliphatic carbocycles. The van der Waals surface area contributed by atoms with E-state index < -0.39 is 0 Å². The quantitative estimate of drug-likeness (QED) is 0.346. The predicted octanol–water partition coefficient (Wildman–Crippen LogP) is 6.70. The number of benzene rings is 3. The maximum atomic E-state index is 6.01. The molecule has 162 valence electrons. The van der Waals surface area contributed by atoms with Gasteiger partial charge in [-0.05, 0) is 61.7 Å². The number of fused-ring (bicyclic) bond motifs is 1. The molecular formula is C27H28N4O. The first kappa shape index (κ1) is 20.3. The summed E-state index contributed by atoms with van der Waals surface area (Å²) >= 11 is 0. The molecule has 1 aromatic heterocycles. The highest BCUT2D eigenvalue weighted by molar-refractivity contribution is 5.90. The van der Waals surface area contributed by atoms with Gasteiger partial charge in [-0.3, -0.25) is 0 Å². The Balaban J connectivity index is 1.32. The fraction of sp³-hybridized carbons (Fsp3) is 0.259. The minimum Gasteiger partial charge on any atom is -0.457 e. The lowest BCUT2D eigenvalue weighted by Crippen LogP contribution is -2.17. The molecule has 2 N–H and O–H groups in total. The molecule has 0 radical (unpaired) electrons. The van der Waals surface area contributed by atoms with Crippen molar-refractivity contribution >= 4 is 22.7 Å². The van der Waals surface area contributed by atoms with Gasteiger partial charge in [0, 0.05) is 18.0 Å². The highest BCUT2D eigenvalue weighted by Gasteiger charge is 2.17. The lowest BCUT2D eigenvalue weighted by molar-refractivity contribution is 0.482. The molecule has 3 aromatic carbocycles. The van der Waals surface area contributed by atoms with Crippen LogP contribution in [0.4, 0.5) is 11.8 Å². The predicted molar refractivity (Wildman–Crippen MR) is 130 cm³/mol. The normalized spacial score (nSPS) is 13.9. The Hall–Kier alpha value is -3.60. The molecule has 4 aromatic rings. The van der Waals surface area contributed by atoms with Gasteiger partial charge in [0.2, 0.25) is 5.95 Å². The van der Waals surface area contributed by atoms with Gasteiger partial charge in [0.05, 0.1) is 5.52 Å². The second-order valence-electron chi connectivity index (χ2n) is 8.45. The van der Waals surface area contributed by atoms with Gasteiger partial charge < -0.3 is 15.4 Å². The van der Waals surface area contributed by atoms with E-state index >= 15 is 0 Å². The third-order valence-corrected chi connectivity index (χ3v) is 5.91. The summed E-state index contributed by atoms with van der Waals surface area (Å²) in [5, 5.41) is 8.12. The average Bonchev–Trinajstić information content (AvgIpc) is 3.33. The molecule has 5 heteroatoms. The van der Waals surface area contributed by atoms with Crippen LogP contribution in [-0.4, -0.2) is 16.0 Å². The van der Waals surface area contributed by atoms with Crippen LogP contribution in [0.1, 0.15) is 36.8 Å². The van der Waals surface area contributed by atoms with Crippen LogP contribution in [0, 0.1) is 6.92 Å². The van der Waals surface area contributed by atoms with Gasteiger partial charge in [-0.2, -0.15) is 4.98 Å². The number of hydrogen-bond donors (Lipinski definition) is 2. The Morgan fingerprint density at radius 3 is 2.53 bits per heavy atom. The Bertz CT molecular complexity index is 1200. The number of hydrogen-bond acceptors (Lipinski definition) is 5. The van der Waals surface area contributed by atoms with Crippen LogP contribution in [-0.2, 0) is 6.54 Å². The summed E-state index contributed by atoms with van der Waals surface area (Å²) in [5.41, 5.74) is 3.27. The van der Waals surface area contributed by atoms with Crippen molar-refractivity contribution in [2.24, 2.45) is 0 Å². The summed E-state index contributed by atoms with van der Waals surface area (Å²) in [5.74, 6) is 3.20. The largest absolute Gasteiger partial charge is 0.457 e. The molecule has 0 bridgehead atoms. The molecule has 1 aliphatic rings. The highest BCUT2D eigenvalue weighted by atomic mass is 16.5. The first-order valence-electron chi connectivity index (χ1n) is 11.3. The maximum absolute atomic E-state index is 6.01. The van der Waals surface area contributed by atoms with Crippen LogP contribution < -0.4 is 15.4 Å². The van der Waals surface area contributed by atoms with Crippen molar-refractivity contribution in [2.45, 2.75) is 45.2 Å². The van der Waals surface area contributed by atoms with Crippen molar-refractivity contribution in [2.75, 3.05) is 10.6 Å². The zero-order valence-electron chi connectivity index (χ0n) is 18.3. The number of nitrogens with one attached hydrogen (secondary N) is 2. The zero-order chi connectivity index (χ0) is 21.8. The van der Waals surface area contributed by atoms with E-state index in [2.05, 4.69) is 41.8 Å². The number of ether oxygens (including phenoxy) is 1. The summed E-state index contributed by atoms with van der Waals surface area (Å²) in [7, 11) is 0.